The van der Waals surface area contributed by atoms with E-state index in [-0.39, 0.29) is 17.6 Å². The lowest BCUT2D eigenvalue weighted by molar-refractivity contribution is -0.113. The van der Waals surface area contributed by atoms with E-state index in [1.807, 2.05) is 83.1 Å². The van der Waals surface area contributed by atoms with Crippen LogP contribution in [0, 0.1) is 34.6 Å². The molecule has 0 atom stereocenters. The third-order valence-corrected chi connectivity index (χ3v) is 5.83. The molecule has 0 unspecified atom stereocenters. The number of pyridine rings is 1. The van der Waals surface area contributed by atoms with E-state index in [9.17, 15) is 9.59 Å². The maximum absolute atomic E-state index is 13.0. The van der Waals surface area contributed by atoms with Gasteiger partial charge < -0.3 is 10.6 Å². The largest absolute Gasteiger partial charge is 0.325 e. The monoisotopic (exact) mass is 433 g/mol. The van der Waals surface area contributed by atoms with Crippen LogP contribution in [0.1, 0.15) is 38.3 Å². The predicted molar refractivity (Wildman–Crippen MR) is 128 cm³/mol. The molecule has 0 radical (unpaired) electrons. The molecular formula is C25H27N3O2S. The van der Waals surface area contributed by atoms with Crippen molar-refractivity contribution in [3.05, 3.63) is 82.0 Å². The minimum atomic E-state index is -0.232. The Labute approximate surface area is 187 Å². The number of nitrogens with one attached hydrogen (secondary N) is 2. The second kappa shape index (κ2) is 9.79. The molecule has 1 aromatic heterocycles. The van der Waals surface area contributed by atoms with E-state index < -0.39 is 0 Å². The van der Waals surface area contributed by atoms with Gasteiger partial charge in [0.2, 0.25) is 5.91 Å². The van der Waals surface area contributed by atoms with Crippen LogP contribution < -0.4 is 10.6 Å². The molecule has 0 saturated carbocycles. The maximum Gasteiger partial charge on any atom is 0.258 e. The quantitative estimate of drug-likeness (QED) is 0.496. The zero-order valence-corrected chi connectivity index (χ0v) is 19.3. The Morgan fingerprint density at radius 3 is 2.16 bits per heavy atom. The number of hydrogen-bond acceptors (Lipinski definition) is 4. The molecule has 0 bridgehead atoms. The minimum Gasteiger partial charge on any atom is -0.325 e. The summed E-state index contributed by atoms with van der Waals surface area (Å²) >= 11 is 1.27. The molecule has 31 heavy (non-hydrogen) atoms. The molecule has 0 aliphatic heterocycles. The van der Waals surface area contributed by atoms with Crippen LogP contribution in [0.25, 0.3) is 0 Å². The number of aryl methyl sites for hydroxylation is 5. The van der Waals surface area contributed by atoms with E-state index in [2.05, 4.69) is 15.6 Å². The molecule has 3 aromatic rings. The Morgan fingerprint density at radius 1 is 0.871 bits per heavy atom. The number of carbonyl (C=O) groups is 2. The van der Waals surface area contributed by atoms with Gasteiger partial charge >= 0.3 is 0 Å². The number of rotatable bonds is 6. The molecule has 0 spiro atoms. The van der Waals surface area contributed by atoms with Gasteiger partial charge in [-0.3, -0.25) is 9.59 Å². The van der Waals surface area contributed by atoms with Gasteiger partial charge in [0.05, 0.1) is 11.3 Å². The summed E-state index contributed by atoms with van der Waals surface area (Å²) in [6.45, 7) is 9.78. The molecule has 160 valence electrons. The molecule has 5 nitrogen and oxygen atoms in total. The van der Waals surface area contributed by atoms with E-state index in [0.717, 1.165) is 33.6 Å². The van der Waals surface area contributed by atoms with Crippen molar-refractivity contribution < 1.29 is 9.59 Å². The first-order chi connectivity index (χ1) is 14.7. The third-order valence-electron chi connectivity index (χ3n) is 4.85. The summed E-state index contributed by atoms with van der Waals surface area (Å²) < 4.78 is 0. The fraction of sp³-hybridized carbons (Fsp3) is 0.240. The highest BCUT2D eigenvalue weighted by Gasteiger charge is 2.19. The van der Waals surface area contributed by atoms with Crippen LogP contribution in [0.2, 0.25) is 0 Å². The Hall–Kier alpha value is -3.12. The SMILES string of the molecule is Cc1cc(C)c(NC(=O)CSc2nc(C)cc(C)c2C(=O)Nc2ccccc2)c(C)c1. The Kier molecular flexibility index (Phi) is 7.13. The van der Waals surface area contributed by atoms with Gasteiger partial charge in [0.15, 0.2) is 0 Å². The average Bonchev–Trinajstić information content (AvgIpc) is 2.69. The van der Waals surface area contributed by atoms with Crippen LogP contribution in [0.15, 0.2) is 53.6 Å². The van der Waals surface area contributed by atoms with Crippen molar-refractivity contribution in [1.82, 2.24) is 4.98 Å². The molecule has 1 heterocycles. The van der Waals surface area contributed by atoms with Gasteiger partial charge in [0.1, 0.15) is 5.03 Å². The van der Waals surface area contributed by atoms with Crippen LogP contribution in [0.5, 0.6) is 0 Å². The lowest BCUT2D eigenvalue weighted by Gasteiger charge is -2.14. The normalized spacial score (nSPS) is 10.6. The summed E-state index contributed by atoms with van der Waals surface area (Å²) in [6, 6.07) is 15.3. The Morgan fingerprint density at radius 2 is 1.52 bits per heavy atom. The number of carbonyl (C=O) groups excluding carboxylic acids is 2. The summed E-state index contributed by atoms with van der Waals surface area (Å²) in [5, 5.41) is 6.47. The first-order valence-corrected chi connectivity index (χ1v) is 11.1. The van der Waals surface area contributed by atoms with Gasteiger partial charge in [-0.05, 0) is 69.5 Å². The molecule has 0 aliphatic carbocycles. The lowest BCUT2D eigenvalue weighted by atomic mass is 10.1. The highest BCUT2D eigenvalue weighted by atomic mass is 32.2. The molecular weight excluding hydrogens is 406 g/mol. The zero-order chi connectivity index (χ0) is 22.5. The molecule has 3 rings (SSSR count). The predicted octanol–water partition coefficient (Wildman–Crippen LogP) is 5.61. The summed E-state index contributed by atoms with van der Waals surface area (Å²) in [4.78, 5) is 30.2. The number of amides is 2. The molecule has 0 saturated heterocycles. The Bertz CT molecular complexity index is 1100. The molecule has 2 N–H and O–H groups in total. The number of aromatic nitrogens is 1. The van der Waals surface area contributed by atoms with E-state index in [1.165, 1.54) is 11.8 Å². The average molecular weight is 434 g/mol. The highest BCUT2D eigenvalue weighted by Crippen LogP contribution is 2.27. The molecule has 2 aromatic carbocycles. The van der Waals surface area contributed by atoms with Crippen molar-refractivity contribution in [2.24, 2.45) is 0 Å². The highest BCUT2D eigenvalue weighted by molar-refractivity contribution is 8.00. The third kappa shape index (κ3) is 5.73. The molecule has 2 amide bonds. The second-order valence-electron chi connectivity index (χ2n) is 7.69. The fourth-order valence-corrected chi connectivity index (χ4v) is 4.53. The van der Waals surface area contributed by atoms with E-state index >= 15 is 0 Å². The number of benzene rings is 2. The van der Waals surface area contributed by atoms with Crippen LogP contribution in [0.4, 0.5) is 11.4 Å². The summed E-state index contributed by atoms with van der Waals surface area (Å²) in [7, 11) is 0. The van der Waals surface area contributed by atoms with Gasteiger partial charge in [-0.15, -0.1) is 0 Å². The van der Waals surface area contributed by atoms with Crippen molar-refractivity contribution >= 4 is 35.0 Å². The van der Waals surface area contributed by atoms with Crippen molar-refractivity contribution in [2.75, 3.05) is 16.4 Å². The second-order valence-corrected chi connectivity index (χ2v) is 8.66. The minimum absolute atomic E-state index is 0.129. The number of anilines is 2. The standard InChI is InChI=1S/C25H27N3O2S/c1-15-11-17(3)23(18(4)12-15)28-21(29)14-31-25-22(16(2)13-19(5)26-25)24(30)27-20-9-7-6-8-10-20/h6-13H,14H2,1-5H3,(H,27,30)(H,28,29). The van der Waals surface area contributed by atoms with Crippen LogP contribution >= 0.6 is 11.8 Å². The smallest absolute Gasteiger partial charge is 0.258 e. The van der Waals surface area contributed by atoms with Crippen molar-refractivity contribution in [3.8, 4) is 0 Å². The van der Waals surface area contributed by atoms with Crippen molar-refractivity contribution in [3.63, 3.8) is 0 Å². The number of hydrogen-bond donors (Lipinski definition) is 2. The first kappa shape index (κ1) is 22.6. The number of thioether (sulfide) groups is 1. The zero-order valence-electron chi connectivity index (χ0n) is 18.5. The van der Waals surface area contributed by atoms with Gasteiger partial charge in [0, 0.05) is 17.1 Å². The summed E-state index contributed by atoms with van der Waals surface area (Å²) in [6.07, 6.45) is 0. The molecule has 0 fully saturated rings. The lowest BCUT2D eigenvalue weighted by Crippen LogP contribution is -2.18. The van der Waals surface area contributed by atoms with Crippen LogP contribution in [-0.2, 0) is 4.79 Å². The Balaban J connectivity index is 1.77. The van der Waals surface area contributed by atoms with Crippen molar-refractivity contribution in [1.29, 1.82) is 0 Å². The van der Waals surface area contributed by atoms with Gasteiger partial charge in [0.25, 0.3) is 5.91 Å². The van der Waals surface area contributed by atoms with E-state index in [0.29, 0.717) is 16.3 Å². The number of nitrogens with zero attached hydrogens (tertiary/aromatic N) is 1. The van der Waals surface area contributed by atoms with Crippen LogP contribution in [0.3, 0.4) is 0 Å². The van der Waals surface area contributed by atoms with Gasteiger partial charge in [-0.2, -0.15) is 0 Å². The van der Waals surface area contributed by atoms with Gasteiger partial charge in [-0.25, -0.2) is 4.98 Å². The molecule has 0 aliphatic rings. The first-order valence-electron chi connectivity index (χ1n) is 10.1. The summed E-state index contributed by atoms with van der Waals surface area (Å²) in [5.74, 6) is -0.200. The van der Waals surface area contributed by atoms with Crippen LogP contribution in [-0.4, -0.2) is 22.6 Å². The van der Waals surface area contributed by atoms with E-state index in [1.54, 1.807) is 0 Å². The topological polar surface area (TPSA) is 71.1 Å². The van der Waals surface area contributed by atoms with E-state index in [4.69, 9.17) is 0 Å². The maximum atomic E-state index is 13.0. The summed E-state index contributed by atoms with van der Waals surface area (Å²) in [5.41, 5.74) is 6.91. The molecule has 6 heteroatoms. The van der Waals surface area contributed by atoms with Gasteiger partial charge in [-0.1, -0.05) is 47.7 Å². The van der Waals surface area contributed by atoms with Crippen molar-refractivity contribution in [2.45, 2.75) is 39.6 Å². The number of para-hydroxylation sites is 1. The fourth-order valence-electron chi connectivity index (χ4n) is 3.58.